The molecule has 1 N–H and O–H groups in total. The molecule has 0 saturated carbocycles. The number of hydrogen-bond acceptors (Lipinski definition) is 5. The van der Waals surface area contributed by atoms with Crippen molar-refractivity contribution in [1.82, 2.24) is 4.98 Å². The van der Waals surface area contributed by atoms with Crippen LogP contribution in [0.2, 0.25) is 0 Å². The second kappa shape index (κ2) is 4.54. The lowest BCUT2D eigenvalue weighted by Crippen LogP contribution is -2.50. The van der Waals surface area contributed by atoms with Gasteiger partial charge >= 0.3 is 0 Å². The molecular formula is C14H16N2O3S. The summed E-state index contributed by atoms with van der Waals surface area (Å²) in [6.45, 7) is 0. The van der Waals surface area contributed by atoms with Gasteiger partial charge in [0.15, 0.2) is 9.84 Å². The molecule has 106 valence electrons. The summed E-state index contributed by atoms with van der Waals surface area (Å²) in [7, 11) is -3.11. The number of aromatic nitrogens is 1. The van der Waals surface area contributed by atoms with E-state index >= 15 is 0 Å². The van der Waals surface area contributed by atoms with Crippen LogP contribution in [-0.4, -0.2) is 29.0 Å². The molecule has 0 aromatic carbocycles. The topological polar surface area (TPSA) is 91.0 Å². The van der Waals surface area contributed by atoms with Crippen LogP contribution in [0.4, 0.5) is 0 Å². The van der Waals surface area contributed by atoms with Crippen molar-refractivity contribution >= 4 is 9.84 Å². The van der Waals surface area contributed by atoms with Crippen molar-refractivity contribution in [3.8, 4) is 6.07 Å². The van der Waals surface area contributed by atoms with Crippen LogP contribution in [-0.2, 0) is 15.4 Å². The number of rotatable bonds is 1. The van der Waals surface area contributed by atoms with Crippen LogP contribution in [0.1, 0.15) is 43.4 Å². The third kappa shape index (κ3) is 2.02. The fourth-order valence-corrected chi connectivity index (χ4v) is 5.96. The van der Waals surface area contributed by atoms with Gasteiger partial charge in [0.1, 0.15) is 5.60 Å². The first kappa shape index (κ1) is 13.5. The maximum atomic E-state index is 12.3. The molecule has 2 aliphatic rings. The number of nitriles is 1. The molecule has 1 aromatic rings. The van der Waals surface area contributed by atoms with Crippen LogP contribution in [0.3, 0.4) is 0 Å². The first-order valence-electron chi connectivity index (χ1n) is 6.77. The van der Waals surface area contributed by atoms with Crippen molar-refractivity contribution < 1.29 is 13.5 Å². The molecule has 0 aliphatic carbocycles. The molecular weight excluding hydrogens is 276 g/mol. The van der Waals surface area contributed by atoms with E-state index in [1.807, 2.05) is 6.07 Å². The average molecular weight is 292 g/mol. The molecule has 0 spiro atoms. The van der Waals surface area contributed by atoms with Gasteiger partial charge in [-0.2, -0.15) is 5.26 Å². The summed E-state index contributed by atoms with van der Waals surface area (Å²) in [4.78, 5) is 4.16. The van der Waals surface area contributed by atoms with E-state index in [9.17, 15) is 13.5 Å². The number of nitrogens with zero attached hydrogens (tertiary/aromatic N) is 2. The highest BCUT2D eigenvalue weighted by Gasteiger charge is 2.51. The van der Waals surface area contributed by atoms with E-state index in [1.54, 1.807) is 12.1 Å². The number of fused-ring (bicyclic) bond motifs is 2. The minimum atomic E-state index is -3.11. The molecule has 3 rings (SSSR count). The molecule has 2 bridgehead atoms. The first-order chi connectivity index (χ1) is 9.45. The summed E-state index contributed by atoms with van der Waals surface area (Å²) >= 11 is 0. The van der Waals surface area contributed by atoms with E-state index in [-0.39, 0.29) is 12.8 Å². The van der Waals surface area contributed by atoms with Crippen molar-refractivity contribution in [2.24, 2.45) is 0 Å². The van der Waals surface area contributed by atoms with Crippen LogP contribution in [0.5, 0.6) is 0 Å². The van der Waals surface area contributed by atoms with Gasteiger partial charge in [0.05, 0.1) is 27.8 Å². The molecule has 2 atom stereocenters. The fraction of sp³-hybridized carbons (Fsp3) is 0.571. The zero-order valence-electron chi connectivity index (χ0n) is 11.0. The van der Waals surface area contributed by atoms with Gasteiger partial charge in [-0.3, -0.25) is 4.98 Å². The Labute approximate surface area is 118 Å². The highest BCUT2D eigenvalue weighted by atomic mass is 32.2. The standard InChI is InChI=1S/C14H16N2O3S/c15-9-10-4-5-16-13(6-10)14(17)7-11-2-1-3-12(8-14)20(11,18)19/h4-6,11-12,17H,1-3,7-8H2. The van der Waals surface area contributed by atoms with Crippen molar-refractivity contribution in [1.29, 1.82) is 5.26 Å². The first-order valence-corrected chi connectivity index (χ1v) is 8.38. The van der Waals surface area contributed by atoms with E-state index in [2.05, 4.69) is 4.98 Å². The second-order valence-electron chi connectivity index (χ2n) is 5.75. The highest BCUT2D eigenvalue weighted by molar-refractivity contribution is 7.92. The number of aliphatic hydroxyl groups is 1. The lowest BCUT2D eigenvalue weighted by atomic mass is 9.82. The molecule has 6 heteroatoms. The summed E-state index contributed by atoms with van der Waals surface area (Å²) in [6, 6.07) is 5.16. The summed E-state index contributed by atoms with van der Waals surface area (Å²) < 4.78 is 24.5. The van der Waals surface area contributed by atoms with E-state index in [0.29, 0.717) is 24.1 Å². The SMILES string of the molecule is N#Cc1ccnc(C2(O)CC3CCCC(C2)S3(=O)=O)c1. The van der Waals surface area contributed by atoms with Crippen molar-refractivity contribution in [3.05, 3.63) is 29.6 Å². The second-order valence-corrected chi connectivity index (χ2v) is 8.26. The molecule has 20 heavy (non-hydrogen) atoms. The normalized spacial score (nSPS) is 35.2. The van der Waals surface area contributed by atoms with Crippen LogP contribution in [0, 0.1) is 11.3 Å². The minimum absolute atomic E-state index is 0.188. The van der Waals surface area contributed by atoms with Crippen molar-refractivity contribution in [3.63, 3.8) is 0 Å². The van der Waals surface area contributed by atoms with Gasteiger partial charge < -0.3 is 5.11 Å². The fourth-order valence-electron chi connectivity index (χ4n) is 3.41. The van der Waals surface area contributed by atoms with Gasteiger partial charge in [-0.15, -0.1) is 0 Å². The maximum absolute atomic E-state index is 12.3. The van der Waals surface area contributed by atoms with E-state index in [0.717, 1.165) is 6.42 Å². The maximum Gasteiger partial charge on any atom is 0.156 e. The Balaban J connectivity index is 2.00. The predicted octanol–water partition coefficient (Wildman–Crippen LogP) is 1.27. The lowest BCUT2D eigenvalue weighted by Gasteiger charge is -2.43. The smallest absolute Gasteiger partial charge is 0.156 e. The summed E-state index contributed by atoms with van der Waals surface area (Å²) in [5, 5.41) is 18.8. The Hall–Kier alpha value is -1.45. The van der Waals surface area contributed by atoms with Crippen LogP contribution in [0.15, 0.2) is 18.3 Å². The molecule has 0 amide bonds. The largest absolute Gasteiger partial charge is 0.383 e. The zero-order chi connectivity index (χ0) is 14.4. The van der Waals surface area contributed by atoms with Crippen molar-refractivity contribution in [2.45, 2.75) is 48.2 Å². The monoisotopic (exact) mass is 292 g/mol. The summed E-state index contributed by atoms with van der Waals surface area (Å²) in [6.07, 6.45) is 3.99. The molecule has 2 fully saturated rings. The number of sulfone groups is 1. The third-order valence-corrected chi connectivity index (χ3v) is 7.14. The highest BCUT2D eigenvalue weighted by Crippen LogP contribution is 2.45. The molecule has 5 nitrogen and oxygen atoms in total. The Morgan fingerprint density at radius 1 is 1.35 bits per heavy atom. The Kier molecular flexibility index (Phi) is 3.07. The van der Waals surface area contributed by atoms with Crippen LogP contribution < -0.4 is 0 Å². The van der Waals surface area contributed by atoms with E-state index in [4.69, 9.17) is 5.26 Å². The van der Waals surface area contributed by atoms with Gasteiger partial charge in [0.25, 0.3) is 0 Å². The third-order valence-electron chi connectivity index (χ3n) is 4.48. The predicted molar refractivity (Wildman–Crippen MR) is 72.4 cm³/mol. The van der Waals surface area contributed by atoms with Gasteiger partial charge in [-0.25, -0.2) is 8.42 Å². The number of hydrogen-bond donors (Lipinski definition) is 1. The quantitative estimate of drug-likeness (QED) is 0.841. The van der Waals surface area contributed by atoms with E-state index in [1.165, 1.54) is 6.20 Å². The van der Waals surface area contributed by atoms with Crippen molar-refractivity contribution in [2.75, 3.05) is 0 Å². The summed E-state index contributed by atoms with van der Waals surface area (Å²) in [5.41, 5.74) is -0.376. The lowest BCUT2D eigenvalue weighted by molar-refractivity contribution is 0.000970. The molecule has 2 aliphatic heterocycles. The van der Waals surface area contributed by atoms with Crippen LogP contribution >= 0.6 is 0 Å². The van der Waals surface area contributed by atoms with E-state index < -0.39 is 25.9 Å². The Morgan fingerprint density at radius 2 is 2.00 bits per heavy atom. The van der Waals surface area contributed by atoms with Gasteiger partial charge in [0, 0.05) is 6.20 Å². The Bertz CT molecular complexity index is 658. The van der Waals surface area contributed by atoms with Gasteiger partial charge in [0.2, 0.25) is 0 Å². The number of pyridine rings is 1. The molecule has 0 radical (unpaired) electrons. The minimum Gasteiger partial charge on any atom is -0.383 e. The molecule has 1 aromatic heterocycles. The Morgan fingerprint density at radius 3 is 2.60 bits per heavy atom. The summed E-state index contributed by atoms with van der Waals surface area (Å²) in [5.74, 6) is 0. The molecule has 3 heterocycles. The molecule has 2 saturated heterocycles. The van der Waals surface area contributed by atoms with Gasteiger partial charge in [-0.05, 0) is 37.8 Å². The molecule has 2 unspecified atom stereocenters. The van der Waals surface area contributed by atoms with Crippen LogP contribution in [0.25, 0.3) is 0 Å². The zero-order valence-corrected chi connectivity index (χ0v) is 11.8. The average Bonchev–Trinajstić information content (AvgIpc) is 2.41. The van der Waals surface area contributed by atoms with Gasteiger partial charge in [-0.1, -0.05) is 6.42 Å².